The molecule has 1 aromatic carbocycles. The molecule has 2 aromatic rings. The van der Waals surface area contributed by atoms with Crippen molar-refractivity contribution < 1.29 is 9.59 Å². The Bertz CT molecular complexity index is 987. The summed E-state index contributed by atoms with van der Waals surface area (Å²) in [6.07, 6.45) is 10.2. The predicted molar refractivity (Wildman–Crippen MR) is 124 cm³/mol. The van der Waals surface area contributed by atoms with Gasteiger partial charge in [-0.15, -0.1) is 11.3 Å². The number of carbonyl (C=O) groups excluding carboxylic acids is 2. The number of benzene rings is 1. The van der Waals surface area contributed by atoms with Gasteiger partial charge in [0.1, 0.15) is 5.78 Å². The van der Waals surface area contributed by atoms with E-state index in [4.69, 9.17) is 0 Å². The zero-order valence-electron chi connectivity index (χ0n) is 18.2. The van der Waals surface area contributed by atoms with E-state index in [9.17, 15) is 9.59 Å². The minimum Gasteiger partial charge on any atom is -0.299 e. The van der Waals surface area contributed by atoms with Gasteiger partial charge in [0, 0.05) is 23.0 Å². The van der Waals surface area contributed by atoms with Crippen LogP contribution >= 0.6 is 11.3 Å². The van der Waals surface area contributed by atoms with Gasteiger partial charge in [-0.2, -0.15) is 0 Å². The number of hydrogen-bond acceptors (Lipinski definition) is 3. The fourth-order valence-corrected chi connectivity index (χ4v) is 8.03. The Hall–Kier alpha value is -1.74. The molecule has 0 N–H and O–H groups in total. The highest BCUT2D eigenvalue weighted by Crippen LogP contribution is 2.64. The predicted octanol–water partition coefficient (Wildman–Crippen LogP) is 6.99. The van der Waals surface area contributed by atoms with Gasteiger partial charge >= 0.3 is 0 Å². The number of allylic oxidation sites excluding steroid dienone is 1. The van der Waals surface area contributed by atoms with Crippen molar-refractivity contribution in [3.8, 4) is 0 Å². The fourth-order valence-electron chi connectivity index (χ4n) is 7.24. The Morgan fingerprint density at radius 2 is 1.67 bits per heavy atom. The molecule has 158 valence electrons. The normalized spacial score (nSPS) is 37.5. The van der Waals surface area contributed by atoms with Gasteiger partial charge in [-0.05, 0) is 90.7 Å². The van der Waals surface area contributed by atoms with Gasteiger partial charge in [0.25, 0.3) is 0 Å². The molecule has 3 saturated carbocycles. The zero-order chi connectivity index (χ0) is 20.9. The van der Waals surface area contributed by atoms with Gasteiger partial charge in [0.05, 0.1) is 0 Å². The standard InChI is InChI=1S/C19H26O2.C8H6S/c1-18-9-7-13(20)11-12(18)3-4-14-15-5-6-17(21)19(15,2)10-8-16(14)18;1-2-4-8-7(3-1)5-6-9-8/h11,14-16H,3-10H2,1-2H3;1-6H/t14-,15-,16-,18-,19-;/m0./s1. The minimum atomic E-state index is -0.0246. The number of Topliss-reactive ketones (excluding diaryl/α,β-unsaturated/α-hetero) is 1. The van der Waals surface area contributed by atoms with E-state index < -0.39 is 0 Å². The highest BCUT2D eigenvalue weighted by Gasteiger charge is 2.58. The molecule has 2 nitrogen and oxygen atoms in total. The lowest BCUT2D eigenvalue weighted by molar-refractivity contribution is -0.132. The Morgan fingerprint density at radius 1 is 0.867 bits per heavy atom. The number of carbonyl (C=O) groups is 2. The van der Waals surface area contributed by atoms with E-state index >= 15 is 0 Å². The summed E-state index contributed by atoms with van der Waals surface area (Å²) in [6.45, 7) is 4.64. The molecule has 0 bridgehead atoms. The van der Waals surface area contributed by atoms with Crippen molar-refractivity contribution in [2.75, 3.05) is 0 Å². The van der Waals surface area contributed by atoms with Crippen LogP contribution in [0.3, 0.4) is 0 Å². The molecule has 5 atom stereocenters. The van der Waals surface area contributed by atoms with E-state index in [0.717, 1.165) is 38.5 Å². The molecule has 4 aliphatic rings. The molecular weight excluding hydrogens is 388 g/mol. The van der Waals surface area contributed by atoms with Crippen molar-refractivity contribution in [1.29, 1.82) is 0 Å². The number of ketones is 2. The highest BCUT2D eigenvalue weighted by atomic mass is 32.1. The lowest BCUT2D eigenvalue weighted by Gasteiger charge is -2.56. The Kier molecular flexibility index (Phi) is 5.01. The molecule has 3 fully saturated rings. The quantitative estimate of drug-likeness (QED) is 0.460. The first-order chi connectivity index (χ1) is 14.4. The van der Waals surface area contributed by atoms with Crippen LogP contribution in [0.2, 0.25) is 0 Å². The van der Waals surface area contributed by atoms with Crippen LogP contribution in [0.4, 0.5) is 0 Å². The molecule has 0 saturated heterocycles. The van der Waals surface area contributed by atoms with Gasteiger partial charge in [0.2, 0.25) is 0 Å². The summed E-state index contributed by atoms with van der Waals surface area (Å²) in [4.78, 5) is 24.1. The summed E-state index contributed by atoms with van der Waals surface area (Å²) in [7, 11) is 0. The number of rotatable bonds is 0. The summed E-state index contributed by atoms with van der Waals surface area (Å²) in [6, 6.07) is 10.5. The van der Waals surface area contributed by atoms with Gasteiger partial charge in [-0.1, -0.05) is 37.6 Å². The SMILES string of the molecule is C[C@]12CCC(=O)C=C1CC[C@@H]1[C@@H]2CC[C@]2(C)C(=O)CC[C@@H]12.c1ccc2sccc2c1. The van der Waals surface area contributed by atoms with E-state index in [0.29, 0.717) is 29.3 Å². The number of hydrogen-bond donors (Lipinski definition) is 0. The van der Waals surface area contributed by atoms with Crippen LogP contribution in [0.15, 0.2) is 47.4 Å². The third-order valence-corrected chi connectivity index (χ3v) is 9.93. The molecule has 3 heteroatoms. The summed E-state index contributed by atoms with van der Waals surface area (Å²) < 4.78 is 1.37. The summed E-state index contributed by atoms with van der Waals surface area (Å²) in [5, 5.41) is 3.47. The van der Waals surface area contributed by atoms with E-state index in [1.54, 1.807) is 11.3 Å². The Morgan fingerprint density at radius 3 is 2.50 bits per heavy atom. The average Bonchev–Trinajstić information content (AvgIpc) is 3.33. The first-order valence-corrected chi connectivity index (χ1v) is 12.5. The molecular formula is C27H32O2S. The lowest BCUT2D eigenvalue weighted by Crippen LogP contribution is -2.50. The van der Waals surface area contributed by atoms with E-state index in [1.165, 1.54) is 28.5 Å². The number of fused-ring (bicyclic) bond motifs is 6. The molecule has 0 amide bonds. The smallest absolute Gasteiger partial charge is 0.155 e. The second-order valence-electron chi connectivity index (χ2n) is 10.3. The van der Waals surface area contributed by atoms with Crippen molar-refractivity contribution in [2.45, 2.75) is 65.2 Å². The van der Waals surface area contributed by atoms with Crippen LogP contribution in [0.5, 0.6) is 0 Å². The second-order valence-corrected chi connectivity index (χ2v) is 11.3. The van der Waals surface area contributed by atoms with Gasteiger partial charge in [0.15, 0.2) is 5.78 Å². The van der Waals surface area contributed by atoms with E-state index in [-0.39, 0.29) is 10.8 Å². The molecule has 0 spiro atoms. The maximum atomic E-state index is 12.4. The molecule has 6 rings (SSSR count). The fraction of sp³-hybridized carbons (Fsp3) is 0.556. The first-order valence-electron chi connectivity index (χ1n) is 11.6. The minimum absolute atomic E-state index is 0.0246. The van der Waals surface area contributed by atoms with E-state index in [2.05, 4.69) is 49.6 Å². The van der Waals surface area contributed by atoms with E-state index in [1.807, 2.05) is 6.08 Å². The van der Waals surface area contributed by atoms with Crippen LogP contribution < -0.4 is 0 Å². The first kappa shape index (κ1) is 20.2. The van der Waals surface area contributed by atoms with Crippen molar-refractivity contribution in [1.82, 2.24) is 0 Å². The summed E-state index contributed by atoms with van der Waals surface area (Å²) in [5.41, 5.74) is 1.64. The second kappa shape index (κ2) is 7.44. The van der Waals surface area contributed by atoms with Crippen LogP contribution in [0.25, 0.3) is 10.1 Å². The lowest BCUT2D eigenvalue weighted by atomic mass is 9.47. The molecule has 1 aromatic heterocycles. The van der Waals surface area contributed by atoms with Crippen molar-refractivity contribution in [3.63, 3.8) is 0 Å². The Balaban J connectivity index is 0.000000178. The van der Waals surface area contributed by atoms with Gasteiger partial charge in [-0.25, -0.2) is 0 Å². The maximum Gasteiger partial charge on any atom is 0.155 e. The maximum absolute atomic E-state index is 12.4. The van der Waals surface area contributed by atoms with Crippen LogP contribution in [0, 0.1) is 28.6 Å². The topological polar surface area (TPSA) is 34.1 Å². The molecule has 0 radical (unpaired) electrons. The molecule has 0 unspecified atom stereocenters. The van der Waals surface area contributed by atoms with Crippen LogP contribution in [-0.4, -0.2) is 11.6 Å². The van der Waals surface area contributed by atoms with Gasteiger partial charge in [-0.3, -0.25) is 9.59 Å². The highest BCUT2D eigenvalue weighted by molar-refractivity contribution is 7.17. The largest absolute Gasteiger partial charge is 0.299 e. The third-order valence-electron chi connectivity index (χ3n) is 9.03. The third kappa shape index (κ3) is 3.12. The summed E-state index contributed by atoms with van der Waals surface area (Å²) >= 11 is 1.79. The van der Waals surface area contributed by atoms with Crippen molar-refractivity contribution >= 4 is 33.0 Å². The van der Waals surface area contributed by atoms with Gasteiger partial charge < -0.3 is 0 Å². The molecule has 0 aliphatic heterocycles. The molecule has 4 aliphatic carbocycles. The monoisotopic (exact) mass is 420 g/mol. The number of thiophene rings is 1. The van der Waals surface area contributed by atoms with Crippen LogP contribution in [0.1, 0.15) is 65.2 Å². The van der Waals surface area contributed by atoms with Crippen molar-refractivity contribution in [3.05, 3.63) is 47.4 Å². The summed E-state index contributed by atoms with van der Waals surface area (Å²) in [5.74, 6) is 2.88. The van der Waals surface area contributed by atoms with Crippen molar-refractivity contribution in [2.24, 2.45) is 28.6 Å². The molecule has 30 heavy (non-hydrogen) atoms. The average molecular weight is 421 g/mol. The van der Waals surface area contributed by atoms with Crippen LogP contribution in [-0.2, 0) is 9.59 Å². The Labute approximate surface area is 183 Å². The molecule has 1 heterocycles. The zero-order valence-corrected chi connectivity index (χ0v) is 19.0.